The minimum absolute atomic E-state index is 0.0778. The first kappa shape index (κ1) is 32.6. The summed E-state index contributed by atoms with van der Waals surface area (Å²) < 4.78 is 20.1. The number of piperidine rings is 1. The molecule has 0 radical (unpaired) electrons. The Morgan fingerprint density at radius 1 is 1.06 bits per heavy atom. The Hall–Kier alpha value is -5.34. The van der Waals surface area contributed by atoms with Crippen LogP contribution in [-0.4, -0.2) is 78.0 Å². The van der Waals surface area contributed by atoms with E-state index in [0.29, 0.717) is 42.2 Å². The van der Waals surface area contributed by atoms with E-state index in [1.165, 1.54) is 4.90 Å². The molecule has 7 rings (SSSR count). The highest BCUT2D eigenvalue weighted by atomic mass is 16.5. The van der Waals surface area contributed by atoms with Crippen LogP contribution < -0.4 is 14.8 Å². The van der Waals surface area contributed by atoms with Gasteiger partial charge < -0.3 is 33.9 Å². The van der Waals surface area contributed by atoms with Crippen molar-refractivity contribution in [2.45, 2.75) is 51.5 Å². The maximum atomic E-state index is 13.8. The van der Waals surface area contributed by atoms with Gasteiger partial charge in [-0.3, -0.25) is 14.4 Å². The Labute approximate surface area is 279 Å². The molecule has 11 heteroatoms. The van der Waals surface area contributed by atoms with E-state index in [1.807, 2.05) is 78.2 Å². The molecule has 0 unspecified atom stereocenters. The standard InChI is InChI=1S/C37H39N5O6/c1-24-29(19-38)28-9-4-5-10-31(28)42(24)22-37(45)41-16-15-30-34(20-41)47-23-26-7-6-8-27(17-26)48-32-13-11-25(18-33(32)46-3)12-14-36(44)40(2)21-35(43)39-30/h4-11,13,17-18,30,34H,12,14-16,20-23H2,1-3H3,(H,39,43)/t30-,34-/m0/s1. The molecule has 4 bridgehead atoms. The van der Waals surface area contributed by atoms with E-state index in [0.717, 1.165) is 27.7 Å². The maximum Gasteiger partial charge on any atom is 0.242 e. The van der Waals surface area contributed by atoms with E-state index in [2.05, 4.69) is 11.4 Å². The summed E-state index contributed by atoms with van der Waals surface area (Å²) in [7, 11) is 3.19. The molecule has 1 aromatic heterocycles. The number of fused-ring (bicyclic) bond motifs is 10. The third-order valence-corrected chi connectivity index (χ3v) is 9.15. The van der Waals surface area contributed by atoms with Crippen molar-refractivity contribution in [1.82, 2.24) is 19.7 Å². The normalized spacial score (nSPS) is 19.0. The van der Waals surface area contributed by atoms with Gasteiger partial charge in [0, 0.05) is 37.6 Å². The Kier molecular flexibility index (Phi) is 9.64. The van der Waals surface area contributed by atoms with Crippen LogP contribution in [0.2, 0.25) is 0 Å². The molecule has 3 amide bonds. The number of para-hydroxylation sites is 1. The molecule has 48 heavy (non-hydrogen) atoms. The summed E-state index contributed by atoms with van der Waals surface area (Å²) in [5, 5.41) is 13.7. The summed E-state index contributed by atoms with van der Waals surface area (Å²) in [5.74, 6) is 1.15. The third-order valence-electron chi connectivity index (χ3n) is 9.15. The summed E-state index contributed by atoms with van der Waals surface area (Å²) in [4.78, 5) is 43.1. The fourth-order valence-electron chi connectivity index (χ4n) is 6.47. The number of ether oxygens (including phenoxy) is 3. The SMILES string of the molecule is COc1cc2ccc1Oc1cccc(c1)CO[C@H]1CN(C(=O)Cn3c(C)c(C#N)c4ccccc43)CC[C@@H]1NC(=O)CN(C)C(=O)CC2. The number of methoxy groups -OCH3 is 1. The lowest BCUT2D eigenvalue weighted by atomic mass is 10.0. The molecular weight excluding hydrogens is 610 g/mol. The quantitative estimate of drug-likeness (QED) is 0.350. The number of nitriles is 1. The number of likely N-dealkylation sites (N-methyl/N-ethyl adjacent to an activating group) is 1. The first-order valence-corrected chi connectivity index (χ1v) is 16.1. The zero-order valence-corrected chi connectivity index (χ0v) is 27.4. The maximum absolute atomic E-state index is 13.8. The predicted molar refractivity (Wildman–Crippen MR) is 179 cm³/mol. The van der Waals surface area contributed by atoms with Crippen LogP contribution in [0.5, 0.6) is 17.2 Å². The second-order valence-electron chi connectivity index (χ2n) is 12.3. The number of hydrogen-bond donors (Lipinski definition) is 1. The molecule has 3 aromatic carbocycles. The lowest BCUT2D eigenvalue weighted by Gasteiger charge is -2.39. The molecule has 0 saturated carbocycles. The number of nitrogens with zero attached hydrogens (tertiary/aromatic N) is 4. The zero-order chi connectivity index (χ0) is 33.8. The van der Waals surface area contributed by atoms with E-state index < -0.39 is 6.10 Å². The van der Waals surface area contributed by atoms with Crippen molar-refractivity contribution < 1.29 is 28.6 Å². The number of amides is 3. The highest BCUT2D eigenvalue weighted by molar-refractivity contribution is 5.90. The molecule has 3 aliphatic heterocycles. The van der Waals surface area contributed by atoms with E-state index in [-0.39, 0.29) is 56.4 Å². The van der Waals surface area contributed by atoms with Gasteiger partial charge in [0.1, 0.15) is 18.4 Å². The van der Waals surface area contributed by atoms with Crippen molar-refractivity contribution in [2.24, 2.45) is 0 Å². The van der Waals surface area contributed by atoms with Gasteiger partial charge >= 0.3 is 0 Å². The molecule has 248 valence electrons. The number of carbonyl (C=O) groups excluding carboxylic acids is 3. The monoisotopic (exact) mass is 649 g/mol. The van der Waals surface area contributed by atoms with Crippen LogP contribution in [0.1, 0.15) is 35.2 Å². The van der Waals surface area contributed by atoms with Gasteiger partial charge in [-0.1, -0.05) is 36.4 Å². The molecule has 1 N–H and O–H groups in total. The third kappa shape index (κ3) is 6.99. The minimum atomic E-state index is -0.510. The lowest BCUT2D eigenvalue weighted by Crippen LogP contribution is -2.57. The number of aromatic nitrogens is 1. The molecule has 4 heterocycles. The van der Waals surface area contributed by atoms with E-state index in [1.54, 1.807) is 19.1 Å². The van der Waals surface area contributed by atoms with Crippen LogP contribution in [0.4, 0.5) is 0 Å². The highest BCUT2D eigenvalue weighted by Gasteiger charge is 2.34. The van der Waals surface area contributed by atoms with Gasteiger partial charge in [-0.05, 0) is 61.2 Å². The number of benzene rings is 3. The Bertz CT molecular complexity index is 1890. The number of nitrogens with one attached hydrogen (secondary N) is 1. The highest BCUT2D eigenvalue weighted by Crippen LogP contribution is 2.33. The largest absolute Gasteiger partial charge is 0.493 e. The van der Waals surface area contributed by atoms with Crippen molar-refractivity contribution in [1.29, 1.82) is 5.26 Å². The van der Waals surface area contributed by atoms with E-state index in [9.17, 15) is 19.6 Å². The lowest BCUT2D eigenvalue weighted by molar-refractivity contribution is -0.139. The smallest absolute Gasteiger partial charge is 0.242 e. The Morgan fingerprint density at radius 2 is 1.90 bits per heavy atom. The molecule has 4 aromatic rings. The first-order valence-electron chi connectivity index (χ1n) is 16.1. The van der Waals surface area contributed by atoms with Gasteiger partial charge in [0.2, 0.25) is 17.7 Å². The van der Waals surface area contributed by atoms with Crippen LogP contribution in [0.25, 0.3) is 10.9 Å². The van der Waals surface area contributed by atoms with Crippen molar-refractivity contribution in [3.8, 4) is 23.3 Å². The molecule has 11 nitrogen and oxygen atoms in total. The van der Waals surface area contributed by atoms with Gasteiger partial charge in [0.05, 0.1) is 43.5 Å². The number of hydrogen-bond acceptors (Lipinski definition) is 7. The summed E-state index contributed by atoms with van der Waals surface area (Å²) in [5.41, 5.74) is 3.91. The van der Waals surface area contributed by atoms with Crippen LogP contribution in [-0.2, 0) is 38.7 Å². The van der Waals surface area contributed by atoms with Crippen molar-refractivity contribution in [3.63, 3.8) is 0 Å². The van der Waals surface area contributed by atoms with E-state index in [4.69, 9.17) is 14.2 Å². The second-order valence-corrected chi connectivity index (χ2v) is 12.3. The van der Waals surface area contributed by atoms with Gasteiger partial charge in [0.25, 0.3) is 0 Å². The molecule has 0 aliphatic carbocycles. The van der Waals surface area contributed by atoms with Crippen LogP contribution in [0, 0.1) is 18.3 Å². The van der Waals surface area contributed by atoms with E-state index >= 15 is 0 Å². The number of aryl methyl sites for hydroxylation is 1. The minimum Gasteiger partial charge on any atom is -0.493 e. The molecule has 1 saturated heterocycles. The average Bonchev–Trinajstić information content (AvgIpc) is 3.36. The Balaban J connectivity index is 1.24. The number of carbonyl (C=O) groups is 3. The summed E-state index contributed by atoms with van der Waals surface area (Å²) in [6, 6.07) is 22.6. The second kappa shape index (κ2) is 14.2. The molecule has 0 spiro atoms. The average molecular weight is 650 g/mol. The van der Waals surface area contributed by atoms with Crippen LogP contribution in [0.15, 0.2) is 66.7 Å². The first-order chi connectivity index (χ1) is 23.2. The van der Waals surface area contributed by atoms with Crippen LogP contribution >= 0.6 is 0 Å². The zero-order valence-electron chi connectivity index (χ0n) is 27.4. The molecule has 1 fully saturated rings. The summed E-state index contributed by atoms with van der Waals surface area (Å²) in [6.07, 6.45) is 0.679. The molecular formula is C37H39N5O6. The number of likely N-dealkylation sites (tertiary alicyclic amines) is 1. The van der Waals surface area contributed by atoms with Gasteiger partial charge in [-0.15, -0.1) is 0 Å². The summed E-state index contributed by atoms with van der Waals surface area (Å²) >= 11 is 0. The van der Waals surface area contributed by atoms with Crippen LogP contribution in [0.3, 0.4) is 0 Å². The number of rotatable bonds is 3. The van der Waals surface area contributed by atoms with Gasteiger partial charge in [-0.2, -0.15) is 5.26 Å². The fourth-order valence-corrected chi connectivity index (χ4v) is 6.47. The summed E-state index contributed by atoms with van der Waals surface area (Å²) in [6.45, 7) is 2.75. The van der Waals surface area contributed by atoms with Crippen molar-refractivity contribution in [2.75, 3.05) is 33.8 Å². The molecule has 3 aliphatic rings. The van der Waals surface area contributed by atoms with Crippen molar-refractivity contribution >= 4 is 28.6 Å². The Morgan fingerprint density at radius 3 is 2.71 bits per heavy atom. The molecule has 2 atom stereocenters. The van der Waals surface area contributed by atoms with Gasteiger partial charge in [-0.25, -0.2) is 0 Å². The fraction of sp³-hybridized carbons (Fsp3) is 0.351. The predicted octanol–water partition coefficient (Wildman–Crippen LogP) is 4.33. The van der Waals surface area contributed by atoms with Gasteiger partial charge in [0.15, 0.2) is 11.5 Å². The topological polar surface area (TPSA) is 126 Å². The van der Waals surface area contributed by atoms with Crippen molar-refractivity contribution in [3.05, 3.63) is 89.1 Å².